The van der Waals surface area contributed by atoms with Gasteiger partial charge in [-0.1, -0.05) is 42.5 Å². The summed E-state index contributed by atoms with van der Waals surface area (Å²) in [5, 5.41) is 12.0. The molecule has 4 aromatic rings. The molecule has 0 unspecified atom stereocenters. The molecule has 0 radical (unpaired) electrons. The van der Waals surface area contributed by atoms with Crippen molar-refractivity contribution in [2.45, 2.75) is 13.3 Å². The Labute approximate surface area is 206 Å². The summed E-state index contributed by atoms with van der Waals surface area (Å²) in [6.07, 6.45) is -1.05. The highest BCUT2D eigenvalue weighted by Gasteiger charge is 2.23. The van der Waals surface area contributed by atoms with Crippen LogP contribution < -0.4 is 14.8 Å². The lowest BCUT2D eigenvalue weighted by Gasteiger charge is -2.17. The molecule has 0 fully saturated rings. The molecule has 1 aromatic heterocycles. The van der Waals surface area contributed by atoms with Crippen molar-refractivity contribution in [2.75, 3.05) is 12.4 Å². The largest absolute Gasteiger partial charge is 0.493 e. The van der Waals surface area contributed by atoms with Gasteiger partial charge in [0, 0.05) is 29.1 Å². The van der Waals surface area contributed by atoms with Gasteiger partial charge in [-0.25, -0.2) is 13.8 Å². The zero-order chi connectivity index (χ0) is 25.7. The molecule has 1 N–H and O–H groups in total. The summed E-state index contributed by atoms with van der Waals surface area (Å²) in [5.74, 6) is 0.137. The maximum absolute atomic E-state index is 13.4. The van der Waals surface area contributed by atoms with Crippen LogP contribution in [0, 0.1) is 18.3 Å². The Bertz CT molecular complexity index is 1430. The molecule has 0 spiro atoms. The van der Waals surface area contributed by atoms with Crippen LogP contribution in [0.15, 0.2) is 79.0 Å². The highest BCUT2D eigenvalue weighted by Crippen LogP contribution is 2.37. The summed E-state index contributed by atoms with van der Waals surface area (Å²) >= 11 is 0. The van der Waals surface area contributed by atoms with Gasteiger partial charge in [0.25, 0.3) is 12.3 Å². The zero-order valence-corrected chi connectivity index (χ0v) is 19.5. The van der Waals surface area contributed by atoms with Crippen LogP contribution in [0.2, 0.25) is 0 Å². The molecular formula is C28H21F2N3O3. The van der Waals surface area contributed by atoms with Gasteiger partial charge < -0.3 is 14.8 Å². The lowest BCUT2D eigenvalue weighted by Crippen LogP contribution is -2.16. The Morgan fingerprint density at radius 3 is 2.39 bits per heavy atom. The number of amides is 1. The number of hydrogen-bond acceptors (Lipinski definition) is 5. The first-order chi connectivity index (χ1) is 17.4. The van der Waals surface area contributed by atoms with Crippen LogP contribution in [-0.2, 0) is 0 Å². The van der Waals surface area contributed by atoms with Crippen molar-refractivity contribution < 1.29 is 23.0 Å². The normalized spacial score (nSPS) is 10.6. The molecule has 0 aliphatic carbocycles. The van der Waals surface area contributed by atoms with Crippen molar-refractivity contribution >= 4 is 11.6 Å². The highest BCUT2D eigenvalue weighted by molar-refractivity contribution is 6.08. The number of nitrogens with one attached hydrogen (secondary N) is 1. The van der Waals surface area contributed by atoms with E-state index in [0.29, 0.717) is 33.7 Å². The maximum Gasteiger partial charge on any atom is 0.263 e. The number of carbonyl (C=O) groups is 1. The van der Waals surface area contributed by atoms with Crippen molar-refractivity contribution in [3.63, 3.8) is 0 Å². The summed E-state index contributed by atoms with van der Waals surface area (Å²) in [5.41, 5.74) is 2.79. The second-order valence-electron chi connectivity index (χ2n) is 7.80. The molecule has 36 heavy (non-hydrogen) atoms. The standard InChI is InChI=1S/C28H21F2N3O3/c1-17-22(19-9-11-20(12-10-19)26(29)30)16-32-28(25(17)27(34)33-21-6-4-3-5-7-21)36-23-13-8-18(15-31)14-24(23)35-2/h3-14,16,26H,1-2H3,(H,33,34). The molecule has 0 aliphatic rings. The predicted molar refractivity (Wildman–Crippen MR) is 132 cm³/mol. The van der Waals surface area contributed by atoms with Crippen molar-refractivity contribution in [3.8, 4) is 34.6 Å². The minimum Gasteiger partial charge on any atom is -0.493 e. The third-order valence-electron chi connectivity index (χ3n) is 5.54. The van der Waals surface area contributed by atoms with Crippen molar-refractivity contribution in [2.24, 2.45) is 0 Å². The van der Waals surface area contributed by atoms with Gasteiger partial charge in [-0.2, -0.15) is 5.26 Å². The number of carbonyl (C=O) groups excluding carboxylic acids is 1. The Balaban J connectivity index is 1.80. The molecule has 0 bridgehead atoms. The molecule has 8 heteroatoms. The third kappa shape index (κ3) is 5.15. The third-order valence-corrected chi connectivity index (χ3v) is 5.54. The SMILES string of the molecule is COc1cc(C#N)ccc1Oc1ncc(-c2ccc(C(F)F)cc2)c(C)c1C(=O)Nc1ccccc1. The first kappa shape index (κ1) is 24.4. The fourth-order valence-electron chi connectivity index (χ4n) is 3.66. The number of para-hydroxylation sites is 1. The maximum atomic E-state index is 13.4. The van der Waals surface area contributed by atoms with Crippen LogP contribution in [0.1, 0.15) is 33.5 Å². The lowest BCUT2D eigenvalue weighted by atomic mass is 9.97. The lowest BCUT2D eigenvalue weighted by molar-refractivity contribution is 0.102. The zero-order valence-electron chi connectivity index (χ0n) is 19.5. The van der Waals surface area contributed by atoms with E-state index in [1.54, 1.807) is 55.5 Å². The van der Waals surface area contributed by atoms with Crippen LogP contribution >= 0.6 is 0 Å². The molecule has 1 heterocycles. The van der Waals surface area contributed by atoms with Crippen LogP contribution in [0.4, 0.5) is 14.5 Å². The molecule has 0 atom stereocenters. The minimum absolute atomic E-state index is 0.0249. The van der Waals surface area contributed by atoms with E-state index >= 15 is 0 Å². The van der Waals surface area contributed by atoms with E-state index < -0.39 is 12.3 Å². The van der Waals surface area contributed by atoms with Crippen molar-refractivity contribution in [1.82, 2.24) is 4.98 Å². The van der Waals surface area contributed by atoms with Crippen LogP contribution in [0.3, 0.4) is 0 Å². The number of nitriles is 1. The Kier molecular flexibility index (Phi) is 7.21. The summed E-state index contributed by atoms with van der Waals surface area (Å²) in [6, 6.07) is 21.4. The molecule has 180 valence electrons. The van der Waals surface area contributed by atoms with E-state index in [2.05, 4.69) is 10.3 Å². The van der Waals surface area contributed by atoms with Crippen LogP contribution in [-0.4, -0.2) is 18.0 Å². The average Bonchev–Trinajstić information content (AvgIpc) is 2.89. The fourth-order valence-corrected chi connectivity index (χ4v) is 3.66. The Morgan fingerprint density at radius 2 is 1.75 bits per heavy atom. The van der Waals surface area contributed by atoms with Gasteiger partial charge in [0.15, 0.2) is 11.5 Å². The summed E-state index contributed by atoms with van der Waals surface area (Å²) in [4.78, 5) is 17.8. The number of aromatic nitrogens is 1. The summed E-state index contributed by atoms with van der Waals surface area (Å²) < 4.78 is 37.4. The number of halogens is 2. The van der Waals surface area contributed by atoms with E-state index in [1.807, 2.05) is 12.1 Å². The fraction of sp³-hybridized carbons (Fsp3) is 0.107. The van der Waals surface area contributed by atoms with Gasteiger partial charge in [-0.05, 0) is 42.3 Å². The number of pyridine rings is 1. The second kappa shape index (κ2) is 10.7. The van der Waals surface area contributed by atoms with Gasteiger partial charge in [0.2, 0.25) is 5.88 Å². The van der Waals surface area contributed by atoms with Gasteiger partial charge in [-0.15, -0.1) is 0 Å². The Hall–Kier alpha value is -4.77. The topological polar surface area (TPSA) is 84.2 Å². The Morgan fingerprint density at radius 1 is 1.03 bits per heavy atom. The van der Waals surface area contributed by atoms with Crippen molar-refractivity contribution in [3.05, 3.63) is 101 Å². The first-order valence-corrected chi connectivity index (χ1v) is 10.9. The minimum atomic E-state index is -2.58. The number of methoxy groups -OCH3 is 1. The molecule has 0 aliphatic heterocycles. The number of anilines is 1. The quantitative estimate of drug-likeness (QED) is 0.307. The van der Waals surface area contributed by atoms with Gasteiger partial charge in [0.1, 0.15) is 5.56 Å². The average molecular weight is 485 g/mol. The molecule has 0 saturated carbocycles. The number of ether oxygens (including phenoxy) is 2. The molecule has 3 aromatic carbocycles. The van der Waals surface area contributed by atoms with Crippen LogP contribution in [0.5, 0.6) is 17.4 Å². The number of benzene rings is 3. The monoisotopic (exact) mass is 485 g/mol. The summed E-state index contributed by atoms with van der Waals surface area (Å²) in [7, 11) is 1.44. The number of rotatable bonds is 7. The number of nitrogens with zero attached hydrogens (tertiary/aromatic N) is 2. The molecule has 0 saturated heterocycles. The van der Waals surface area contributed by atoms with E-state index in [4.69, 9.17) is 14.7 Å². The smallest absolute Gasteiger partial charge is 0.263 e. The van der Waals surface area contributed by atoms with E-state index in [9.17, 15) is 13.6 Å². The van der Waals surface area contributed by atoms with Crippen LogP contribution in [0.25, 0.3) is 11.1 Å². The highest BCUT2D eigenvalue weighted by atomic mass is 19.3. The molecule has 6 nitrogen and oxygen atoms in total. The molecule has 1 amide bonds. The first-order valence-electron chi connectivity index (χ1n) is 10.9. The molecular weight excluding hydrogens is 464 g/mol. The predicted octanol–water partition coefficient (Wildman–Crippen LogP) is 6.92. The van der Waals surface area contributed by atoms with Gasteiger partial charge in [-0.3, -0.25) is 4.79 Å². The van der Waals surface area contributed by atoms with E-state index in [-0.39, 0.29) is 22.8 Å². The van der Waals surface area contributed by atoms with E-state index in [0.717, 1.165) is 0 Å². The van der Waals surface area contributed by atoms with Gasteiger partial charge >= 0.3 is 0 Å². The van der Waals surface area contributed by atoms with Gasteiger partial charge in [0.05, 0.1) is 18.7 Å². The molecule has 4 rings (SSSR count). The van der Waals surface area contributed by atoms with Crippen molar-refractivity contribution in [1.29, 1.82) is 5.26 Å². The summed E-state index contributed by atoms with van der Waals surface area (Å²) in [6.45, 7) is 1.74. The number of hydrogen-bond donors (Lipinski definition) is 1. The number of alkyl halides is 2. The second-order valence-corrected chi connectivity index (χ2v) is 7.80. The van der Waals surface area contributed by atoms with E-state index in [1.165, 1.54) is 31.5 Å².